The van der Waals surface area contributed by atoms with Gasteiger partial charge >= 0.3 is 0 Å². The van der Waals surface area contributed by atoms with E-state index in [-0.39, 0.29) is 11.3 Å². The molecule has 3 rings (SSSR count). The van der Waals surface area contributed by atoms with E-state index in [0.717, 1.165) is 22.2 Å². The summed E-state index contributed by atoms with van der Waals surface area (Å²) in [7, 11) is 0. The molecule has 3 nitrogen and oxygen atoms in total. The molecule has 0 saturated carbocycles. The van der Waals surface area contributed by atoms with Crippen molar-refractivity contribution < 1.29 is 5.11 Å². The maximum atomic E-state index is 10.0. The minimum Gasteiger partial charge on any atom is -0.494 e. The number of aromatic hydroxyl groups is 1. The Morgan fingerprint density at radius 2 is 1.68 bits per heavy atom. The summed E-state index contributed by atoms with van der Waals surface area (Å²) in [6, 6.07) is 16.0. The third-order valence-electron chi connectivity index (χ3n) is 3.80. The first-order valence-electron chi connectivity index (χ1n) is 7.39. The highest BCUT2D eigenvalue weighted by Gasteiger charge is 2.12. The molecule has 1 aromatic heterocycles. The van der Waals surface area contributed by atoms with Gasteiger partial charge in [-0.3, -0.25) is 4.99 Å². The Balaban J connectivity index is 1.91. The minimum atomic E-state index is 0.136. The topological polar surface area (TPSA) is 48.4 Å². The monoisotopic (exact) mass is 292 g/mol. The van der Waals surface area contributed by atoms with E-state index in [2.05, 4.69) is 42.9 Å². The molecule has 2 aromatic carbocycles. The van der Waals surface area contributed by atoms with Crippen LogP contribution in [0, 0.1) is 0 Å². The van der Waals surface area contributed by atoms with Crippen LogP contribution >= 0.6 is 0 Å². The van der Waals surface area contributed by atoms with Crippen LogP contribution in [0.4, 0.5) is 5.69 Å². The van der Waals surface area contributed by atoms with Gasteiger partial charge in [0.2, 0.25) is 0 Å². The van der Waals surface area contributed by atoms with Crippen LogP contribution in [-0.2, 0) is 5.41 Å². The van der Waals surface area contributed by atoms with E-state index in [1.54, 1.807) is 6.21 Å². The first-order valence-corrected chi connectivity index (χ1v) is 7.39. The molecule has 0 saturated heterocycles. The fourth-order valence-electron chi connectivity index (χ4n) is 2.47. The molecule has 0 radical (unpaired) electrons. The fraction of sp³-hybridized carbons (Fsp3) is 0.211. The van der Waals surface area contributed by atoms with E-state index < -0.39 is 0 Å². The molecule has 0 atom stereocenters. The van der Waals surface area contributed by atoms with Gasteiger partial charge in [0.1, 0.15) is 0 Å². The molecule has 0 aliphatic carbocycles. The van der Waals surface area contributed by atoms with Gasteiger partial charge in [0, 0.05) is 17.1 Å². The number of aliphatic imine (C=N–C) groups is 1. The Labute approximate surface area is 130 Å². The Morgan fingerprint density at radius 3 is 2.36 bits per heavy atom. The van der Waals surface area contributed by atoms with E-state index in [1.807, 2.05) is 36.4 Å². The fourth-order valence-corrected chi connectivity index (χ4v) is 2.47. The predicted octanol–water partition coefficient (Wildman–Crippen LogP) is 4.92. The lowest BCUT2D eigenvalue weighted by Crippen LogP contribution is -2.10. The maximum Gasteiger partial charge on any atom is 0.198 e. The predicted molar refractivity (Wildman–Crippen MR) is 92.4 cm³/mol. The summed E-state index contributed by atoms with van der Waals surface area (Å²) >= 11 is 0. The summed E-state index contributed by atoms with van der Waals surface area (Å²) in [5.74, 6) is 0.149. The molecule has 0 aliphatic heterocycles. The number of benzene rings is 2. The van der Waals surface area contributed by atoms with Gasteiger partial charge in [-0.05, 0) is 29.2 Å². The zero-order valence-electron chi connectivity index (χ0n) is 13.1. The quantitative estimate of drug-likeness (QED) is 0.647. The minimum absolute atomic E-state index is 0.136. The van der Waals surface area contributed by atoms with Gasteiger partial charge in [0.05, 0.1) is 11.3 Å². The van der Waals surface area contributed by atoms with Gasteiger partial charge in [-0.25, -0.2) is 0 Å². The van der Waals surface area contributed by atoms with Crippen molar-refractivity contribution in [2.75, 3.05) is 0 Å². The van der Waals surface area contributed by atoms with E-state index in [4.69, 9.17) is 0 Å². The summed E-state index contributed by atoms with van der Waals surface area (Å²) in [5, 5.41) is 11.0. The largest absolute Gasteiger partial charge is 0.494 e. The lowest BCUT2D eigenvalue weighted by molar-refractivity contribution is 0.457. The highest BCUT2D eigenvalue weighted by atomic mass is 16.3. The molecule has 1 heterocycles. The van der Waals surface area contributed by atoms with Gasteiger partial charge < -0.3 is 10.1 Å². The number of hydrogen-bond acceptors (Lipinski definition) is 2. The molecule has 0 amide bonds. The lowest BCUT2D eigenvalue weighted by Gasteiger charge is -2.18. The number of nitrogens with zero attached hydrogens (tertiary/aromatic N) is 1. The summed E-state index contributed by atoms with van der Waals surface area (Å²) in [6.45, 7) is 6.57. The van der Waals surface area contributed by atoms with Crippen LogP contribution in [0.1, 0.15) is 31.9 Å². The molecular formula is C19H20N2O. The van der Waals surface area contributed by atoms with Gasteiger partial charge in [0.15, 0.2) is 5.88 Å². The van der Waals surface area contributed by atoms with Gasteiger partial charge in [0.25, 0.3) is 0 Å². The molecule has 0 fully saturated rings. The van der Waals surface area contributed by atoms with Crippen molar-refractivity contribution in [3.8, 4) is 5.88 Å². The summed E-state index contributed by atoms with van der Waals surface area (Å²) in [6.07, 6.45) is 1.71. The van der Waals surface area contributed by atoms with Crippen LogP contribution in [-0.4, -0.2) is 16.3 Å². The van der Waals surface area contributed by atoms with E-state index in [9.17, 15) is 5.11 Å². The van der Waals surface area contributed by atoms with Crippen LogP contribution in [0.25, 0.3) is 10.9 Å². The molecule has 0 unspecified atom stereocenters. The number of rotatable bonds is 2. The number of para-hydroxylation sites is 1. The van der Waals surface area contributed by atoms with E-state index >= 15 is 0 Å². The first kappa shape index (κ1) is 14.4. The summed E-state index contributed by atoms with van der Waals surface area (Å²) < 4.78 is 0. The molecule has 3 heteroatoms. The highest BCUT2D eigenvalue weighted by Crippen LogP contribution is 2.27. The molecule has 2 N–H and O–H groups in total. The average Bonchev–Trinajstić information content (AvgIpc) is 2.80. The zero-order chi connectivity index (χ0) is 15.7. The lowest BCUT2D eigenvalue weighted by atomic mass is 9.87. The normalized spacial score (nSPS) is 12.3. The Hall–Kier alpha value is -2.55. The Bertz CT molecular complexity index is 821. The van der Waals surface area contributed by atoms with Crippen molar-refractivity contribution in [3.63, 3.8) is 0 Å². The Morgan fingerprint density at radius 1 is 1.00 bits per heavy atom. The second-order valence-electron chi connectivity index (χ2n) is 6.49. The van der Waals surface area contributed by atoms with Gasteiger partial charge in [-0.1, -0.05) is 51.1 Å². The number of aromatic amines is 1. The summed E-state index contributed by atoms with van der Waals surface area (Å²) in [5.41, 5.74) is 3.91. The van der Waals surface area contributed by atoms with E-state index in [1.165, 1.54) is 5.56 Å². The molecule has 0 aliphatic rings. The second-order valence-corrected chi connectivity index (χ2v) is 6.49. The molecule has 0 spiro atoms. The number of nitrogens with one attached hydrogen (secondary N) is 1. The van der Waals surface area contributed by atoms with Crippen LogP contribution < -0.4 is 0 Å². The standard InChI is InChI=1S/C19H20N2O/c1-19(2,3)13-8-10-14(11-9-13)20-12-16-15-6-4-5-7-17(15)21-18(16)22/h4-12,21-22H,1-3H3. The van der Waals surface area contributed by atoms with Crippen molar-refractivity contribution in [2.45, 2.75) is 26.2 Å². The van der Waals surface area contributed by atoms with Gasteiger partial charge in [-0.2, -0.15) is 0 Å². The molecule has 0 bridgehead atoms. The first-order chi connectivity index (χ1) is 10.4. The number of fused-ring (bicyclic) bond motifs is 1. The smallest absolute Gasteiger partial charge is 0.198 e. The van der Waals surface area contributed by atoms with Crippen molar-refractivity contribution in [1.82, 2.24) is 4.98 Å². The highest BCUT2D eigenvalue weighted by molar-refractivity contribution is 6.02. The SMILES string of the molecule is CC(C)(C)c1ccc(N=Cc2c(O)[nH]c3ccccc23)cc1. The zero-order valence-corrected chi connectivity index (χ0v) is 13.1. The van der Waals surface area contributed by atoms with Crippen molar-refractivity contribution in [3.05, 3.63) is 59.7 Å². The molecule has 22 heavy (non-hydrogen) atoms. The van der Waals surface area contributed by atoms with Crippen LogP contribution in [0.3, 0.4) is 0 Å². The third kappa shape index (κ3) is 2.75. The number of aromatic nitrogens is 1. The van der Waals surface area contributed by atoms with Crippen molar-refractivity contribution >= 4 is 22.8 Å². The van der Waals surface area contributed by atoms with E-state index in [0.29, 0.717) is 0 Å². The summed E-state index contributed by atoms with van der Waals surface area (Å²) in [4.78, 5) is 7.43. The van der Waals surface area contributed by atoms with Crippen LogP contribution in [0.2, 0.25) is 0 Å². The molecular weight excluding hydrogens is 272 g/mol. The Kier molecular flexibility index (Phi) is 3.49. The molecule has 112 valence electrons. The average molecular weight is 292 g/mol. The number of hydrogen-bond donors (Lipinski definition) is 2. The number of H-pyrrole nitrogens is 1. The van der Waals surface area contributed by atoms with Crippen molar-refractivity contribution in [2.24, 2.45) is 4.99 Å². The van der Waals surface area contributed by atoms with Crippen LogP contribution in [0.15, 0.2) is 53.5 Å². The molecule has 3 aromatic rings. The van der Waals surface area contributed by atoms with Crippen LogP contribution in [0.5, 0.6) is 5.88 Å². The second kappa shape index (κ2) is 5.34. The maximum absolute atomic E-state index is 10.0. The van der Waals surface area contributed by atoms with Gasteiger partial charge in [-0.15, -0.1) is 0 Å². The third-order valence-corrected chi connectivity index (χ3v) is 3.80. The van der Waals surface area contributed by atoms with Crippen molar-refractivity contribution in [1.29, 1.82) is 0 Å².